The third-order valence-corrected chi connectivity index (χ3v) is 4.65. The zero-order valence-corrected chi connectivity index (χ0v) is 15.4. The highest BCUT2D eigenvalue weighted by Gasteiger charge is 2.13. The molecule has 2 heteroatoms. The summed E-state index contributed by atoms with van der Waals surface area (Å²) in [4.78, 5) is 0. The first-order valence-electron chi connectivity index (χ1n) is 8.91. The van der Waals surface area contributed by atoms with Crippen molar-refractivity contribution in [3.63, 3.8) is 0 Å². The van der Waals surface area contributed by atoms with E-state index in [1.165, 1.54) is 22.3 Å². The number of aromatic nitrogens is 2. The molecule has 0 aliphatic carbocycles. The summed E-state index contributed by atoms with van der Waals surface area (Å²) in [6, 6.07) is 27.8. The molecule has 128 valence electrons. The second kappa shape index (κ2) is 6.64. The summed E-state index contributed by atoms with van der Waals surface area (Å²) in [5, 5.41) is 4.94. The first-order chi connectivity index (χ1) is 12.6. The number of rotatable bonds is 3. The van der Waals surface area contributed by atoms with Gasteiger partial charge in [-0.25, -0.2) is 4.68 Å². The standard InChI is InChI=1S/C24H22N2/c1-17-7-11-20(12-8-17)23-16-24(21-13-9-18(2)10-14-21)26(25-23)22-6-4-5-19(3)15-22/h4-16H,1-3H3. The molecule has 0 unspecified atom stereocenters. The predicted octanol–water partition coefficient (Wildman–Crippen LogP) is 6.13. The van der Waals surface area contributed by atoms with Gasteiger partial charge in [-0.05, 0) is 44.5 Å². The molecule has 1 heterocycles. The number of benzene rings is 3. The van der Waals surface area contributed by atoms with Gasteiger partial charge in [0.2, 0.25) is 0 Å². The Labute approximate surface area is 154 Å². The van der Waals surface area contributed by atoms with Gasteiger partial charge in [0.05, 0.1) is 17.1 Å². The number of nitrogens with zero attached hydrogens (tertiary/aromatic N) is 2. The number of hydrogen-bond acceptors (Lipinski definition) is 1. The maximum atomic E-state index is 4.94. The van der Waals surface area contributed by atoms with Crippen LogP contribution in [0, 0.1) is 20.8 Å². The van der Waals surface area contributed by atoms with Crippen molar-refractivity contribution in [2.24, 2.45) is 0 Å². The largest absolute Gasteiger partial charge is 0.232 e. The van der Waals surface area contributed by atoms with Gasteiger partial charge >= 0.3 is 0 Å². The molecule has 0 bridgehead atoms. The van der Waals surface area contributed by atoms with Gasteiger partial charge in [-0.3, -0.25) is 0 Å². The van der Waals surface area contributed by atoms with Crippen LogP contribution in [0.3, 0.4) is 0 Å². The van der Waals surface area contributed by atoms with E-state index in [9.17, 15) is 0 Å². The molecule has 0 atom stereocenters. The Balaban J connectivity index is 1.90. The van der Waals surface area contributed by atoms with Crippen LogP contribution in [-0.4, -0.2) is 9.78 Å². The van der Waals surface area contributed by atoms with Crippen LogP contribution in [0.2, 0.25) is 0 Å². The van der Waals surface area contributed by atoms with Gasteiger partial charge in [0.15, 0.2) is 0 Å². The molecular weight excluding hydrogens is 316 g/mol. The number of aryl methyl sites for hydroxylation is 3. The second-order valence-corrected chi connectivity index (χ2v) is 6.90. The summed E-state index contributed by atoms with van der Waals surface area (Å²) in [7, 11) is 0. The molecule has 2 nitrogen and oxygen atoms in total. The third kappa shape index (κ3) is 3.18. The maximum absolute atomic E-state index is 4.94. The van der Waals surface area contributed by atoms with Crippen molar-refractivity contribution in [2.45, 2.75) is 20.8 Å². The van der Waals surface area contributed by atoms with Gasteiger partial charge < -0.3 is 0 Å². The molecule has 1 aromatic heterocycles. The van der Waals surface area contributed by atoms with Crippen molar-refractivity contribution in [3.05, 3.63) is 95.6 Å². The zero-order valence-electron chi connectivity index (χ0n) is 15.4. The predicted molar refractivity (Wildman–Crippen MR) is 109 cm³/mol. The topological polar surface area (TPSA) is 17.8 Å². The average Bonchev–Trinajstić information content (AvgIpc) is 3.08. The van der Waals surface area contributed by atoms with E-state index in [1.54, 1.807) is 0 Å². The van der Waals surface area contributed by atoms with Crippen LogP contribution in [0.1, 0.15) is 16.7 Å². The van der Waals surface area contributed by atoms with Crippen molar-refractivity contribution >= 4 is 0 Å². The van der Waals surface area contributed by atoms with Crippen molar-refractivity contribution < 1.29 is 0 Å². The highest BCUT2D eigenvalue weighted by atomic mass is 15.3. The SMILES string of the molecule is Cc1ccc(-c2cc(-c3ccc(C)cc3)n(-c3cccc(C)c3)n2)cc1. The summed E-state index contributed by atoms with van der Waals surface area (Å²) >= 11 is 0. The molecule has 4 aromatic rings. The van der Waals surface area contributed by atoms with Crippen molar-refractivity contribution in [2.75, 3.05) is 0 Å². The van der Waals surface area contributed by atoms with E-state index >= 15 is 0 Å². The molecular formula is C24H22N2. The van der Waals surface area contributed by atoms with Crippen molar-refractivity contribution in [1.82, 2.24) is 9.78 Å². The lowest BCUT2D eigenvalue weighted by molar-refractivity contribution is 0.890. The Kier molecular flexibility index (Phi) is 4.18. The zero-order chi connectivity index (χ0) is 18.1. The van der Waals surface area contributed by atoms with Crippen molar-refractivity contribution in [1.29, 1.82) is 0 Å². The van der Waals surface area contributed by atoms with E-state index in [0.717, 1.165) is 22.6 Å². The summed E-state index contributed by atoms with van der Waals surface area (Å²) in [5.41, 5.74) is 9.22. The Hall–Kier alpha value is -3.13. The highest BCUT2D eigenvalue weighted by molar-refractivity contribution is 5.70. The van der Waals surface area contributed by atoms with E-state index in [0.29, 0.717) is 0 Å². The Morgan fingerprint density at radius 1 is 0.615 bits per heavy atom. The van der Waals surface area contributed by atoms with Crippen LogP contribution >= 0.6 is 0 Å². The minimum absolute atomic E-state index is 0.988. The highest BCUT2D eigenvalue weighted by Crippen LogP contribution is 2.29. The third-order valence-electron chi connectivity index (χ3n) is 4.65. The molecule has 0 spiro atoms. The van der Waals surface area contributed by atoms with Crippen LogP contribution in [0.4, 0.5) is 0 Å². The lowest BCUT2D eigenvalue weighted by atomic mass is 10.1. The Morgan fingerprint density at radius 2 is 1.23 bits per heavy atom. The molecule has 0 saturated heterocycles. The molecule has 0 aliphatic rings. The normalized spacial score (nSPS) is 10.9. The molecule has 0 radical (unpaired) electrons. The van der Waals surface area contributed by atoms with E-state index in [1.807, 2.05) is 4.68 Å². The molecule has 0 saturated carbocycles. The maximum Gasteiger partial charge on any atom is 0.0934 e. The van der Waals surface area contributed by atoms with Crippen LogP contribution in [-0.2, 0) is 0 Å². The lowest BCUT2D eigenvalue weighted by Crippen LogP contribution is -1.99. The fourth-order valence-corrected chi connectivity index (χ4v) is 3.13. The molecule has 3 aromatic carbocycles. The van der Waals surface area contributed by atoms with Crippen LogP contribution in [0.25, 0.3) is 28.2 Å². The monoisotopic (exact) mass is 338 g/mol. The quantitative estimate of drug-likeness (QED) is 0.439. The Bertz CT molecular complexity index is 1040. The van der Waals surface area contributed by atoms with Gasteiger partial charge in [0, 0.05) is 11.1 Å². The fourth-order valence-electron chi connectivity index (χ4n) is 3.13. The summed E-state index contributed by atoms with van der Waals surface area (Å²) in [5.74, 6) is 0. The molecule has 0 fully saturated rings. The van der Waals surface area contributed by atoms with Gasteiger partial charge in [0.25, 0.3) is 0 Å². The first kappa shape index (κ1) is 16.3. The average molecular weight is 338 g/mol. The Morgan fingerprint density at radius 3 is 1.85 bits per heavy atom. The second-order valence-electron chi connectivity index (χ2n) is 6.90. The minimum atomic E-state index is 0.988. The minimum Gasteiger partial charge on any atom is -0.232 e. The van der Waals surface area contributed by atoms with E-state index in [-0.39, 0.29) is 0 Å². The van der Waals surface area contributed by atoms with Gasteiger partial charge in [-0.2, -0.15) is 5.10 Å². The van der Waals surface area contributed by atoms with Gasteiger partial charge in [-0.15, -0.1) is 0 Å². The fraction of sp³-hybridized carbons (Fsp3) is 0.125. The number of hydrogen-bond donors (Lipinski definition) is 0. The first-order valence-corrected chi connectivity index (χ1v) is 8.91. The van der Waals surface area contributed by atoms with Crippen LogP contribution < -0.4 is 0 Å². The summed E-state index contributed by atoms with van der Waals surface area (Å²) in [6.07, 6.45) is 0. The van der Waals surface area contributed by atoms with Gasteiger partial charge in [0.1, 0.15) is 0 Å². The molecule has 26 heavy (non-hydrogen) atoms. The molecule has 0 amide bonds. The molecule has 0 aliphatic heterocycles. The molecule has 0 N–H and O–H groups in total. The summed E-state index contributed by atoms with van der Waals surface area (Å²) in [6.45, 7) is 6.33. The van der Waals surface area contributed by atoms with Gasteiger partial charge in [-0.1, -0.05) is 71.8 Å². The van der Waals surface area contributed by atoms with E-state index in [4.69, 9.17) is 5.10 Å². The molecule has 4 rings (SSSR count). The van der Waals surface area contributed by atoms with Crippen LogP contribution in [0.5, 0.6) is 0 Å². The summed E-state index contributed by atoms with van der Waals surface area (Å²) < 4.78 is 2.05. The lowest BCUT2D eigenvalue weighted by Gasteiger charge is -2.08. The van der Waals surface area contributed by atoms with E-state index in [2.05, 4.69) is 99.6 Å². The van der Waals surface area contributed by atoms with Crippen LogP contribution in [0.15, 0.2) is 78.9 Å². The van der Waals surface area contributed by atoms with E-state index < -0.39 is 0 Å². The van der Waals surface area contributed by atoms with Crippen molar-refractivity contribution in [3.8, 4) is 28.2 Å². The smallest absolute Gasteiger partial charge is 0.0934 e.